The first kappa shape index (κ1) is 13.6. The fourth-order valence-corrected chi connectivity index (χ4v) is 2.39. The Morgan fingerprint density at radius 1 is 1.11 bits per heavy atom. The Labute approximate surface area is 115 Å². The van der Waals surface area contributed by atoms with Crippen LogP contribution in [-0.2, 0) is 6.54 Å². The third kappa shape index (κ3) is 3.36. The van der Waals surface area contributed by atoms with E-state index in [0.29, 0.717) is 0 Å². The maximum absolute atomic E-state index is 6.04. The average Bonchev–Trinajstić information content (AvgIpc) is 2.38. The number of rotatable bonds is 4. The summed E-state index contributed by atoms with van der Waals surface area (Å²) in [6, 6.07) is 17.0. The summed E-state index contributed by atoms with van der Waals surface area (Å²) in [6.07, 6.45) is 0. The Balaban J connectivity index is 2.23. The van der Waals surface area contributed by atoms with Crippen molar-refractivity contribution in [2.75, 3.05) is 11.9 Å². The van der Waals surface area contributed by atoms with Crippen LogP contribution >= 0.6 is 0 Å². The van der Waals surface area contributed by atoms with Crippen molar-refractivity contribution in [1.29, 1.82) is 0 Å². The van der Waals surface area contributed by atoms with Gasteiger partial charge in [0.1, 0.15) is 0 Å². The van der Waals surface area contributed by atoms with Gasteiger partial charge in [-0.3, -0.25) is 0 Å². The Bertz CT molecular complexity index is 546. The van der Waals surface area contributed by atoms with Crippen molar-refractivity contribution in [3.05, 3.63) is 65.2 Å². The lowest BCUT2D eigenvalue weighted by Crippen LogP contribution is -2.20. The maximum Gasteiger partial charge on any atom is 0.0426 e. The highest BCUT2D eigenvalue weighted by molar-refractivity contribution is 5.54. The lowest BCUT2D eigenvalue weighted by atomic mass is 10.1. The van der Waals surface area contributed by atoms with Crippen LogP contribution in [-0.4, -0.2) is 7.05 Å². The minimum atomic E-state index is 0.0520. The van der Waals surface area contributed by atoms with E-state index in [4.69, 9.17) is 5.73 Å². The lowest BCUT2D eigenvalue weighted by molar-refractivity contribution is 0.801. The normalized spacial score (nSPS) is 12.2. The van der Waals surface area contributed by atoms with Gasteiger partial charge in [0.2, 0.25) is 0 Å². The number of anilines is 1. The van der Waals surface area contributed by atoms with Crippen LogP contribution in [0.15, 0.2) is 48.5 Å². The Morgan fingerprint density at radius 3 is 2.53 bits per heavy atom. The van der Waals surface area contributed by atoms with Crippen LogP contribution in [0.4, 0.5) is 5.69 Å². The summed E-state index contributed by atoms with van der Waals surface area (Å²) in [5.74, 6) is 0. The summed E-state index contributed by atoms with van der Waals surface area (Å²) >= 11 is 0. The molecule has 2 rings (SSSR count). The molecule has 0 aromatic heterocycles. The number of hydrogen-bond acceptors (Lipinski definition) is 2. The highest BCUT2D eigenvalue weighted by atomic mass is 15.1. The molecule has 2 nitrogen and oxygen atoms in total. The summed E-state index contributed by atoms with van der Waals surface area (Å²) in [6.45, 7) is 5.05. The first-order valence-corrected chi connectivity index (χ1v) is 6.69. The quantitative estimate of drug-likeness (QED) is 0.902. The SMILES string of the molecule is Cc1cccc(CN(C)c2ccccc2[C@H](C)N)c1. The molecule has 0 heterocycles. The van der Waals surface area contributed by atoms with E-state index < -0.39 is 0 Å². The van der Waals surface area contributed by atoms with Crippen LogP contribution < -0.4 is 10.6 Å². The number of nitrogens with two attached hydrogens (primary N) is 1. The molecule has 0 amide bonds. The van der Waals surface area contributed by atoms with E-state index in [1.807, 2.05) is 13.0 Å². The molecule has 0 radical (unpaired) electrons. The summed E-state index contributed by atoms with van der Waals surface area (Å²) in [5, 5.41) is 0. The monoisotopic (exact) mass is 254 g/mol. The van der Waals surface area contributed by atoms with Gasteiger partial charge < -0.3 is 10.6 Å². The molecule has 19 heavy (non-hydrogen) atoms. The van der Waals surface area contributed by atoms with Crippen molar-refractivity contribution in [3.8, 4) is 0 Å². The predicted molar refractivity (Wildman–Crippen MR) is 82.3 cm³/mol. The van der Waals surface area contributed by atoms with E-state index in [-0.39, 0.29) is 6.04 Å². The third-order valence-electron chi connectivity index (χ3n) is 3.34. The summed E-state index contributed by atoms with van der Waals surface area (Å²) in [5.41, 5.74) is 11.1. The van der Waals surface area contributed by atoms with E-state index in [9.17, 15) is 0 Å². The number of para-hydroxylation sites is 1. The molecule has 0 aliphatic carbocycles. The van der Waals surface area contributed by atoms with Crippen LogP contribution in [0, 0.1) is 6.92 Å². The highest BCUT2D eigenvalue weighted by Crippen LogP contribution is 2.25. The Morgan fingerprint density at radius 2 is 1.84 bits per heavy atom. The number of aryl methyl sites for hydroxylation is 1. The first-order valence-electron chi connectivity index (χ1n) is 6.69. The zero-order valence-corrected chi connectivity index (χ0v) is 11.9. The topological polar surface area (TPSA) is 29.3 Å². The molecule has 100 valence electrons. The van der Waals surface area contributed by atoms with Gasteiger partial charge >= 0.3 is 0 Å². The van der Waals surface area contributed by atoms with Gasteiger partial charge in [-0.25, -0.2) is 0 Å². The molecule has 0 unspecified atom stereocenters. The van der Waals surface area contributed by atoms with E-state index in [1.165, 1.54) is 22.4 Å². The standard InChI is InChI=1S/C17H22N2/c1-13-7-6-8-15(11-13)12-19(3)17-10-5-4-9-16(17)14(2)18/h4-11,14H,12,18H2,1-3H3/t14-/m0/s1. The first-order chi connectivity index (χ1) is 9.08. The lowest BCUT2D eigenvalue weighted by Gasteiger charge is -2.24. The van der Waals surface area contributed by atoms with Crippen molar-refractivity contribution in [2.45, 2.75) is 26.4 Å². The zero-order valence-electron chi connectivity index (χ0n) is 11.9. The second-order valence-corrected chi connectivity index (χ2v) is 5.19. The van der Waals surface area contributed by atoms with Gasteiger partial charge in [-0.2, -0.15) is 0 Å². The molecule has 0 saturated heterocycles. The van der Waals surface area contributed by atoms with Gasteiger partial charge in [0.25, 0.3) is 0 Å². The molecular formula is C17H22N2. The molecule has 0 saturated carbocycles. The van der Waals surface area contributed by atoms with Gasteiger partial charge in [0, 0.05) is 25.3 Å². The number of nitrogens with zero attached hydrogens (tertiary/aromatic N) is 1. The van der Waals surface area contributed by atoms with Crippen molar-refractivity contribution >= 4 is 5.69 Å². The smallest absolute Gasteiger partial charge is 0.0426 e. The molecule has 2 N–H and O–H groups in total. The zero-order chi connectivity index (χ0) is 13.8. The molecule has 0 spiro atoms. The van der Waals surface area contributed by atoms with E-state index in [0.717, 1.165) is 6.54 Å². The van der Waals surface area contributed by atoms with Gasteiger partial charge in [-0.15, -0.1) is 0 Å². The second kappa shape index (κ2) is 5.89. The van der Waals surface area contributed by atoms with Crippen molar-refractivity contribution in [2.24, 2.45) is 5.73 Å². The van der Waals surface area contributed by atoms with Crippen LogP contribution in [0.1, 0.15) is 29.7 Å². The maximum atomic E-state index is 6.04. The minimum Gasteiger partial charge on any atom is -0.370 e. The fraction of sp³-hybridized carbons (Fsp3) is 0.294. The number of hydrogen-bond donors (Lipinski definition) is 1. The average molecular weight is 254 g/mol. The molecule has 0 bridgehead atoms. The molecule has 0 fully saturated rings. The molecule has 0 aliphatic rings. The molecule has 1 atom stereocenters. The minimum absolute atomic E-state index is 0.0520. The summed E-state index contributed by atoms with van der Waals surface area (Å²) < 4.78 is 0. The van der Waals surface area contributed by atoms with Gasteiger partial charge in [0.15, 0.2) is 0 Å². The highest BCUT2D eigenvalue weighted by Gasteiger charge is 2.10. The van der Waals surface area contributed by atoms with Crippen LogP contribution in [0.25, 0.3) is 0 Å². The predicted octanol–water partition coefficient (Wildman–Crippen LogP) is 3.65. The van der Waals surface area contributed by atoms with E-state index in [1.54, 1.807) is 0 Å². The molecule has 0 aliphatic heterocycles. The molecule has 2 heteroatoms. The Hall–Kier alpha value is -1.80. The largest absolute Gasteiger partial charge is 0.370 e. The van der Waals surface area contributed by atoms with Crippen LogP contribution in [0.5, 0.6) is 0 Å². The third-order valence-corrected chi connectivity index (χ3v) is 3.34. The van der Waals surface area contributed by atoms with Crippen LogP contribution in [0.2, 0.25) is 0 Å². The number of benzene rings is 2. The Kier molecular flexibility index (Phi) is 4.23. The van der Waals surface area contributed by atoms with E-state index >= 15 is 0 Å². The van der Waals surface area contributed by atoms with Crippen molar-refractivity contribution < 1.29 is 0 Å². The van der Waals surface area contributed by atoms with Gasteiger partial charge in [-0.1, -0.05) is 48.0 Å². The molecule has 2 aromatic carbocycles. The molecular weight excluding hydrogens is 232 g/mol. The van der Waals surface area contributed by atoms with E-state index in [2.05, 4.69) is 61.3 Å². The van der Waals surface area contributed by atoms with Crippen molar-refractivity contribution in [1.82, 2.24) is 0 Å². The van der Waals surface area contributed by atoms with Gasteiger partial charge in [0.05, 0.1) is 0 Å². The van der Waals surface area contributed by atoms with Crippen LogP contribution in [0.3, 0.4) is 0 Å². The fourth-order valence-electron chi connectivity index (χ4n) is 2.39. The summed E-state index contributed by atoms with van der Waals surface area (Å²) in [7, 11) is 2.11. The molecule has 2 aromatic rings. The van der Waals surface area contributed by atoms with Gasteiger partial charge in [-0.05, 0) is 31.0 Å². The van der Waals surface area contributed by atoms with Crippen molar-refractivity contribution in [3.63, 3.8) is 0 Å². The summed E-state index contributed by atoms with van der Waals surface area (Å²) in [4.78, 5) is 2.26. The second-order valence-electron chi connectivity index (χ2n) is 5.19.